The summed E-state index contributed by atoms with van der Waals surface area (Å²) in [6.45, 7) is 7.41. The molecule has 1 aromatic carbocycles. The fraction of sp³-hybridized carbons (Fsp3) is 0.611. The highest BCUT2D eigenvalue weighted by Crippen LogP contribution is 2.36. The molecule has 0 unspecified atom stereocenters. The Hall–Kier alpha value is -1.79. The number of likely N-dealkylation sites (tertiary alicyclic amines) is 1. The number of hydrogen-bond acceptors (Lipinski definition) is 5. The van der Waals surface area contributed by atoms with E-state index >= 15 is 0 Å². The molecule has 6 nitrogen and oxygen atoms in total. The van der Waals surface area contributed by atoms with E-state index in [4.69, 9.17) is 0 Å². The van der Waals surface area contributed by atoms with E-state index in [-0.39, 0.29) is 24.2 Å². The maximum atomic E-state index is 9.78. The maximum Gasteiger partial charge on any atom is 0.168 e. The van der Waals surface area contributed by atoms with E-state index in [9.17, 15) is 5.11 Å². The molecule has 1 aliphatic heterocycles. The van der Waals surface area contributed by atoms with Crippen LogP contribution in [0.2, 0.25) is 0 Å². The van der Waals surface area contributed by atoms with Gasteiger partial charge in [0.2, 0.25) is 0 Å². The molecule has 1 fully saturated rings. The first-order chi connectivity index (χ1) is 11.5. The van der Waals surface area contributed by atoms with Gasteiger partial charge in [0.05, 0.1) is 18.2 Å². The number of rotatable bonds is 5. The van der Waals surface area contributed by atoms with Crippen molar-refractivity contribution in [2.75, 3.05) is 13.2 Å². The summed E-state index contributed by atoms with van der Waals surface area (Å²) in [6.07, 6.45) is 2.92. The molecule has 0 bridgehead atoms. The first-order valence-electron chi connectivity index (χ1n) is 8.70. The summed E-state index contributed by atoms with van der Waals surface area (Å²) in [4.78, 5) is 2.38. The fourth-order valence-corrected chi connectivity index (χ4v) is 3.53. The van der Waals surface area contributed by atoms with Crippen molar-refractivity contribution in [1.29, 1.82) is 0 Å². The molecule has 1 aromatic heterocycles. The molecule has 3 rings (SSSR count). The van der Waals surface area contributed by atoms with Gasteiger partial charge in [0, 0.05) is 12.6 Å². The summed E-state index contributed by atoms with van der Waals surface area (Å²) in [7, 11) is 0. The number of nitrogens with zero attached hydrogens (tertiary/aromatic N) is 5. The number of aliphatic hydroxyl groups is 1. The van der Waals surface area contributed by atoms with Crippen molar-refractivity contribution in [3.8, 4) is 0 Å². The maximum absolute atomic E-state index is 9.78. The van der Waals surface area contributed by atoms with E-state index in [1.165, 1.54) is 5.56 Å². The SMILES string of the molecule is CC(C)(C)n1nnnc1[C@H]1CC[C@@H](CO)N1CCc1ccccc1. The normalized spacial score (nSPS) is 22.2. The van der Waals surface area contributed by atoms with Gasteiger partial charge in [-0.25, -0.2) is 4.68 Å². The zero-order valence-corrected chi connectivity index (χ0v) is 14.8. The Morgan fingerprint density at radius 2 is 1.92 bits per heavy atom. The molecule has 130 valence electrons. The van der Waals surface area contributed by atoms with Crippen molar-refractivity contribution < 1.29 is 5.11 Å². The van der Waals surface area contributed by atoms with Gasteiger partial charge in [0.25, 0.3) is 0 Å². The number of aromatic nitrogens is 4. The minimum absolute atomic E-state index is 0.152. The molecular weight excluding hydrogens is 302 g/mol. The minimum atomic E-state index is -0.152. The average Bonchev–Trinajstić information content (AvgIpc) is 3.19. The zero-order valence-electron chi connectivity index (χ0n) is 14.8. The lowest BCUT2D eigenvalue weighted by Crippen LogP contribution is -2.38. The van der Waals surface area contributed by atoms with Gasteiger partial charge >= 0.3 is 0 Å². The zero-order chi connectivity index (χ0) is 17.2. The Bertz CT molecular complexity index is 649. The highest BCUT2D eigenvalue weighted by Gasteiger charge is 2.38. The molecular formula is C18H27N5O. The van der Waals surface area contributed by atoms with Gasteiger partial charge in [-0.3, -0.25) is 4.90 Å². The van der Waals surface area contributed by atoms with E-state index in [1.54, 1.807) is 0 Å². The summed E-state index contributed by atoms with van der Waals surface area (Å²) in [5, 5.41) is 22.2. The number of aliphatic hydroxyl groups excluding tert-OH is 1. The quantitative estimate of drug-likeness (QED) is 0.910. The molecule has 0 aliphatic carbocycles. The molecule has 0 radical (unpaired) electrons. The summed E-state index contributed by atoms with van der Waals surface area (Å²) in [6, 6.07) is 10.8. The third-order valence-electron chi connectivity index (χ3n) is 4.78. The molecule has 2 heterocycles. The lowest BCUT2D eigenvalue weighted by molar-refractivity contribution is 0.122. The predicted octanol–water partition coefficient (Wildman–Crippen LogP) is 2.17. The topological polar surface area (TPSA) is 67.1 Å². The van der Waals surface area contributed by atoms with Crippen molar-refractivity contribution in [2.24, 2.45) is 0 Å². The van der Waals surface area contributed by atoms with E-state index in [2.05, 4.69) is 65.5 Å². The molecule has 1 aliphatic rings. The van der Waals surface area contributed by atoms with Crippen LogP contribution in [-0.4, -0.2) is 49.4 Å². The van der Waals surface area contributed by atoms with E-state index < -0.39 is 0 Å². The van der Waals surface area contributed by atoms with Crippen LogP contribution in [0.5, 0.6) is 0 Å². The third-order valence-corrected chi connectivity index (χ3v) is 4.78. The molecule has 0 spiro atoms. The van der Waals surface area contributed by atoms with Gasteiger partial charge in [0.15, 0.2) is 5.82 Å². The number of tetrazole rings is 1. The van der Waals surface area contributed by atoms with Crippen LogP contribution in [0.25, 0.3) is 0 Å². The van der Waals surface area contributed by atoms with E-state index in [1.807, 2.05) is 10.7 Å². The smallest absolute Gasteiger partial charge is 0.168 e. The standard InChI is InChI=1S/C18H27N5O/c1-18(2,3)23-17(19-20-21-23)16-10-9-15(13-24)22(16)12-11-14-7-5-4-6-8-14/h4-8,15-16,24H,9-13H2,1-3H3/t15-,16+/m0/s1. The van der Waals surface area contributed by atoms with Crippen LogP contribution < -0.4 is 0 Å². The second-order valence-corrected chi connectivity index (χ2v) is 7.52. The van der Waals surface area contributed by atoms with E-state index in [0.717, 1.165) is 31.6 Å². The van der Waals surface area contributed by atoms with Crippen LogP contribution in [0.4, 0.5) is 0 Å². The number of benzene rings is 1. The molecule has 1 N–H and O–H groups in total. The predicted molar refractivity (Wildman–Crippen MR) is 92.5 cm³/mol. The van der Waals surface area contributed by atoms with Crippen LogP contribution >= 0.6 is 0 Å². The second-order valence-electron chi connectivity index (χ2n) is 7.52. The van der Waals surface area contributed by atoms with Crippen LogP contribution in [0, 0.1) is 0 Å². The Labute approximate surface area is 143 Å². The number of hydrogen-bond donors (Lipinski definition) is 1. The summed E-state index contributed by atoms with van der Waals surface area (Å²) in [5.74, 6) is 0.909. The molecule has 2 atom stereocenters. The van der Waals surface area contributed by atoms with Crippen molar-refractivity contribution >= 4 is 0 Å². The molecule has 6 heteroatoms. The summed E-state index contributed by atoms with van der Waals surface area (Å²) >= 11 is 0. The van der Waals surface area contributed by atoms with Crippen molar-refractivity contribution in [2.45, 2.75) is 57.7 Å². The van der Waals surface area contributed by atoms with Gasteiger partial charge < -0.3 is 5.11 Å². The average molecular weight is 329 g/mol. The largest absolute Gasteiger partial charge is 0.395 e. The minimum Gasteiger partial charge on any atom is -0.395 e. The third kappa shape index (κ3) is 3.49. The summed E-state index contributed by atoms with van der Waals surface area (Å²) < 4.78 is 1.92. The van der Waals surface area contributed by atoms with Crippen molar-refractivity contribution in [1.82, 2.24) is 25.1 Å². The molecule has 0 amide bonds. The second kappa shape index (κ2) is 6.99. The Morgan fingerprint density at radius 1 is 1.17 bits per heavy atom. The monoisotopic (exact) mass is 329 g/mol. The van der Waals surface area contributed by atoms with Gasteiger partial charge in [-0.05, 0) is 56.0 Å². The summed E-state index contributed by atoms with van der Waals surface area (Å²) in [5.41, 5.74) is 1.16. The Morgan fingerprint density at radius 3 is 2.58 bits per heavy atom. The van der Waals surface area contributed by atoms with E-state index in [0.29, 0.717) is 0 Å². The Balaban J connectivity index is 1.80. The van der Waals surface area contributed by atoms with Gasteiger partial charge in [-0.1, -0.05) is 30.3 Å². The lowest BCUT2D eigenvalue weighted by Gasteiger charge is -2.30. The van der Waals surface area contributed by atoms with Crippen molar-refractivity contribution in [3.63, 3.8) is 0 Å². The van der Waals surface area contributed by atoms with Crippen LogP contribution in [-0.2, 0) is 12.0 Å². The molecule has 24 heavy (non-hydrogen) atoms. The molecule has 1 saturated heterocycles. The van der Waals surface area contributed by atoms with Gasteiger partial charge in [-0.15, -0.1) is 5.10 Å². The first kappa shape index (κ1) is 17.0. The van der Waals surface area contributed by atoms with Crippen LogP contribution in [0.3, 0.4) is 0 Å². The van der Waals surface area contributed by atoms with Crippen LogP contribution in [0.15, 0.2) is 30.3 Å². The van der Waals surface area contributed by atoms with Gasteiger partial charge in [-0.2, -0.15) is 0 Å². The first-order valence-corrected chi connectivity index (χ1v) is 8.70. The fourth-order valence-electron chi connectivity index (χ4n) is 3.53. The van der Waals surface area contributed by atoms with Crippen LogP contribution in [0.1, 0.15) is 51.0 Å². The molecule has 2 aromatic rings. The highest BCUT2D eigenvalue weighted by atomic mass is 16.3. The molecule has 0 saturated carbocycles. The highest BCUT2D eigenvalue weighted by molar-refractivity contribution is 5.15. The lowest BCUT2D eigenvalue weighted by atomic mass is 10.1. The van der Waals surface area contributed by atoms with Crippen molar-refractivity contribution in [3.05, 3.63) is 41.7 Å². The van der Waals surface area contributed by atoms with Gasteiger partial charge in [0.1, 0.15) is 0 Å². The Kier molecular flexibility index (Phi) is 4.96.